The van der Waals surface area contributed by atoms with Gasteiger partial charge in [-0.2, -0.15) is 0 Å². The van der Waals surface area contributed by atoms with E-state index in [1.807, 2.05) is 11.9 Å². The Morgan fingerprint density at radius 2 is 2.21 bits per heavy atom. The zero-order chi connectivity index (χ0) is 13.8. The maximum Gasteiger partial charge on any atom is 0.311 e. The molecule has 0 spiro atoms. The molecule has 6 heteroatoms. The molecule has 0 aliphatic carbocycles. The van der Waals surface area contributed by atoms with E-state index >= 15 is 0 Å². The first-order valence-corrected chi connectivity index (χ1v) is 6.57. The number of nitrogens with zero attached hydrogens (tertiary/aromatic N) is 4. The van der Waals surface area contributed by atoms with Crippen LogP contribution < -0.4 is 4.90 Å². The van der Waals surface area contributed by atoms with Crippen LogP contribution in [0, 0.1) is 16.0 Å². The number of aromatic nitrogens is 1. The fourth-order valence-electron chi connectivity index (χ4n) is 2.54. The normalized spacial score (nSPS) is 17.4. The molecule has 0 aromatic carbocycles. The summed E-state index contributed by atoms with van der Waals surface area (Å²) in [6, 6.07) is 3.11. The summed E-state index contributed by atoms with van der Waals surface area (Å²) in [5, 5.41) is 11.0. The highest BCUT2D eigenvalue weighted by Gasteiger charge is 2.22. The molecule has 19 heavy (non-hydrogen) atoms. The second-order valence-electron chi connectivity index (χ2n) is 5.23. The van der Waals surface area contributed by atoms with Gasteiger partial charge in [0.15, 0.2) is 0 Å². The number of pyridine rings is 1. The van der Waals surface area contributed by atoms with Crippen LogP contribution in [-0.4, -0.2) is 48.5 Å². The van der Waals surface area contributed by atoms with E-state index in [1.165, 1.54) is 6.07 Å². The summed E-state index contributed by atoms with van der Waals surface area (Å²) in [6.07, 6.45) is 3.89. The number of hydrogen-bond acceptors (Lipinski definition) is 5. The van der Waals surface area contributed by atoms with Crippen molar-refractivity contribution in [3.05, 3.63) is 28.4 Å². The summed E-state index contributed by atoms with van der Waals surface area (Å²) in [7, 11) is 4.01. The summed E-state index contributed by atoms with van der Waals surface area (Å²) >= 11 is 0. The standard InChI is InChI=1S/C13H20N4O2/c1-15-8-5-11(6-9-15)10-16(2)13-12(17(18)19)4-3-7-14-13/h3-4,7,11H,5-6,8-10H2,1-2H3. The molecule has 1 saturated heterocycles. The second kappa shape index (κ2) is 5.97. The predicted octanol–water partition coefficient (Wildman–Crippen LogP) is 1.77. The van der Waals surface area contributed by atoms with Gasteiger partial charge >= 0.3 is 5.69 Å². The average Bonchev–Trinajstić information content (AvgIpc) is 2.41. The Morgan fingerprint density at radius 1 is 1.53 bits per heavy atom. The maximum absolute atomic E-state index is 11.0. The highest BCUT2D eigenvalue weighted by atomic mass is 16.6. The van der Waals surface area contributed by atoms with E-state index in [-0.39, 0.29) is 10.6 Å². The molecule has 6 nitrogen and oxygen atoms in total. The highest BCUT2D eigenvalue weighted by molar-refractivity contribution is 5.56. The molecule has 0 N–H and O–H groups in total. The number of hydrogen-bond donors (Lipinski definition) is 0. The lowest BCUT2D eigenvalue weighted by Crippen LogP contribution is -2.36. The topological polar surface area (TPSA) is 62.5 Å². The first kappa shape index (κ1) is 13.7. The van der Waals surface area contributed by atoms with E-state index in [4.69, 9.17) is 0 Å². The molecule has 0 saturated carbocycles. The molecular weight excluding hydrogens is 244 g/mol. The maximum atomic E-state index is 11.0. The Labute approximate surface area is 113 Å². The third-order valence-electron chi connectivity index (χ3n) is 3.69. The van der Waals surface area contributed by atoms with Crippen molar-refractivity contribution in [1.29, 1.82) is 0 Å². The Kier molecular flexibility index (Phi) is 4.31. The van der Waals surface area contributed by atoms with Crippen LogP contribution in [0.1, 0.15) is 12.8 Å². The predicted molar refractivity (Wildman–Crippen MR) is 74.4 cm³/mol. The minimum absolute atomic E-state index is 0.0814. The molecule has 0 radical (unpaired) electrons. The summed E-state index contributed by atoms with van der Waals surface area (Å²) < 4.78 is 0. The quantitative estimate of drug-likeness (QED) is 0.612. The molecule has 0 unspecified atom stereocenters. The van der Waals surface area contributed by atoms with Crippen LogP contribution in [0.3, 0.4) is 0 Å². The molecular formula is C13H20N4O2. The molecule has 2 rings (SSSR count). The van der Waals surface area contributed by atoms with Crippen molar-refractivity contribution in [2.24, 2.45) is 5.92 Å². The number of piperidine rings is 1. The SMILES string of the molecule is CN1CCC(CN(C)c2ncccc2[N+](=O)[O-])CC1. The molecule has 104 valence electrons. The van der Waals surface area contributed by atoms with E-state index in [1.54, 1.807) is 12.3 Å². The third-order valence-corrected chi connectivity index (χ3v) is 3.69. The molecule has 2 heterocycles. The highest BCUT2D eigenvalue weighted by Crippen LogP contribution is 2.26. The lowest BCUT2D eigenvalue weighted by atomic mass is 9.97. The van der Waals surface area contributed by atoms with Crippen molar-refractivity contribution in [2.75, 3.05) is 38.6 Å². The van der Waals surface area contributed by atoms with Crippen molar-refractivity contribution in [3.8, 4) is 0 Å². The van der Waals surface area contributed by atoms with Crippen LogP contribution in [0.25, 0.3) is 0 Å². The lowest BCUT2D eigenvalue weighted by molar-refractivity contribution is -0.384. The van der Waals surface area contributed by atoms with Crippen LogP contribution in [0.2, 0.25) is 0 Å². The largest absolute Gasteiger partial charge is 0.354 e. The molecule has 0 amide bonds. The smallest absolute Gasteiger partial charge is 0.311 e. The van der Waals surface area contributed by atoms with Crippen molar-refractivity contribution < 1.29 is 4.92 Å². The Balaban J connectivity index is 2.03. The zero-order valence-corrected chi connectivity index (χ0v) is 11.5. The monoisotopic (exact) mass is 264 g/mol. The van der Waals surface area contributed by atoms with E-state index in [2.05, 4.69) is 16.9 Å². The van der Waals surface area contributed by atoms with Gasteiger partial charge in [0, 0.05) is 25.9 Å². The number of likely N-dealkylation sites (tertiary alicyclic amines) is 1. The lowest BCUT2D eigenvalue weighted by Gasteiger charge is -2.31. The minimum atomic E-state index is -0.368. The van der Waals surface area contributed by atoms with Gasteiger partial charge in [-0.1, -0.05) is 0 Å². The molecule has 1 aromatic rings. The minimum Gasteiger partial charge on any atom is -0.354 e. The number of rotatable bonds is 4. The van der Waals surface area contributed by atoms with Gasteiger partial charge in [0.2, 0.25) is 5.82 Å². The first-order chi connectivity index (χ1) is 9.08. The molecule has 1 aliphatic heterocycles. The van der Waals surface area contributed by atoms with Gasteiger partial charge in [0.1, 0.15) is 0 Å². The van der Waals surface area contributed by atoms with Gasteiger partial charge in [-0.05, 0) is 45.0 Å². The Morgan fingerprint density at radius 3 is 2.84 bits per heavy atom. The van der Waals surface area contributed by atoms with Crippen LogP contribution >= 0.6 is 0 Å². The first-order valence-electron chi connectivity index (χ1n) is 6.57. The van der Waals surface area contributed by atoms with Gasteiger partial charge < -0.3 is 9.80 Å². The average molecular weight is 264 g/mol. The fourth-order valence-corrected chi connectivity index (χ4v) is 2.54. The van der Waals surface area contributed by atoms with E-state index in [0.29, 0.717) is 11.7 Å². The van der Waals surface area contributed by atoms with Gasteiger partial charge in [-0.25, -0.2) is 4.98 Å². The van der Waals surface area contributed by atoms with Gasteiger partial charge in [0.05, 0.1) is 4.92 Å². The molecule has 1 aliphatic rings. The van der Waals surface area contributed by atoms with Crippen LogP contribution in [0.4, 0.5) is 11.5 Å². The number of anilines is 1. The molecule has 1 fully saturated rings. The molecule has 0 bridgehead atoms. The van der Waals surface area contributed by atoms with Crippen molar-refractivity contribution in [1.82, 2.24) is 9.88 Å². The summed E-state index contributed by atoms with van der Waals surface area (Å²) in [6.45, 7) is 3.03. The van der Waals surface area contributed by atoms with Crippen LogP contribution in [0.5, 0.6) is 0 Å². The summed E-state index contributed by atoms with van der Waals surface area (Å²) in [5.74, 6) is 1.05. The number of nitro groups is 1. The summed E-state index contributed by atoms with van der Waals surface area (Å²) in [4.78, 5) is 19.0. The Hall–Kier alpha value is -1.69. The van der Waals surface area contributed by atoms with E-state index in [9.17, 15) is 10.1 Å². The third kappa shape index (κ3) is 3.41. The van der Waals surface area contributed by atoms with Crippen LogP contribution in [-0.2, 0) is 0 Å². The fraction of sp³-hybridized carbons (Fsp3) is 0.615. The van der Waals surface area contributed by atoms with Crippen molar-refractivity contribution in [2.45, 2.75) is 12.8 Å². The Bertz CT molecular complexity index is 444. The van der Waals surface area contributed by atoms with Gasteiger partial charge in [0.25, 0.3) is 0 Å². The van der Waals surface area contributed by atoms with E-state index in [0.717, 1.165) is 32.5 Å². The van der Waals surface area contributed by atoms with E-state index < -0.39 is 0 Å². The zero-order valence-electron chi connectivity index (χ0n) is 11.5. The van der Waals surface area contributed by atoms with Crippen molar-refractivity contribution in [3.63, 3.8) is 0 Å². The van der Waals surface area contributed by atoms with Crippen LogP contribution in [0.15, 0.2) is 18.3 Å². The second-order valence-corrected chi connectivity index (χ2v) is 5.23. The molecule has 0 atom stereocenters. The van der Waals surface area contributed by atoms with Crippen molar-refractivity contribution >= 4 is 11.5 Å². The summed E-state index contributed by atoms with van der Waals surface area (Å²) in [5.41, 5.74) is 0.0814. The molecule has 1 aromatic heterocycles. The van der Waals surface area contributed by atoms with Gasteiger partial charge in [-0.3, -0.25) is 10.1 Å². The van der Waals surface area contributed by atoms with Gasteiger partial charge in [-0.15, -0.1) is 0 Å².